The van der Waals surface area contributed by atoms with Gasteiger partial charge in [-0.3, -0.25) is 4.79 Å². The largest absolute Gasteiger partial charge is 0.464 e. The van der Waals surface area contributed by atoms with E-state index in [0.717, 1.165) is 24.9 Å². The zero-order chi connectivity index (χ0) is 20.9. The summed E-state index contributed by atoms with van der Waals surface area (Å²) in [6, 6.07) is 10.0. The van der Waals surface area contributed by atoms with Crippen LogP contribution in [-0.2, 0) is 0 Å². The summed E-state index contributed by atoms with van der Waals surface area (Å²) in [4.78, 5) is 19.6. The van der Waals surface area contributed by atoms with E-state index in [9.17, 15) is 9.18 Å². The molecule has 1 aromatic carbocycles. The molecule has 1 atom stereocenters. The quantitative estimate of drug-likeness (QED) is 0.552. The predicted octanol–water partition coefficient (Wildman–Crippen LogP) is 4.70. The number of aromatic nitrogens is 1. The Morgan fingerprint density at radius 3 is 2.90 bits per heavy atom. The van der Waals surface area contributed by atoms with Gasteiger partial charge in [-0.2, -0.15) is 0 Å². The number of likely N-dealkylation sites (tertiary alicyclic amines) is 1. The number of nitrogens with one attached hydrogen (secondary N) is 2. The Kier molecular flexibility index (Phi) is 6.28. The molecule has 1 fully saturated rings. The number of piperidine rings is 1. The number of fused-ring (bicyclic) bond motifs is 1. The average molecular weight is 410 g/mol. The van der Waals surface area contributed by atoms with E-state index in [1.807, 2.05) is 0 Å². The normalized spacial score (nSPS) is 17.2. The zero-order valence-electron chi connectivity index (χ0n) is 17.2. The fraction of sp³-hybridized carbons (Fsp3) is 0.391. The molecule has 0 saturated carbocycles. The summed E-state index contributed by atoms with van der Waals surface area (Å²) >= 11 is 0. The lowest BCUT2D eigenvalue weighted by Gasteiger charge is -2.33. The van der Waals surface area contributed by atoms with Gasteiger partial charge < -0.3 is 20.0 Å². The highest BCUT2D eigenvalue weighted by molar-refractivity contribution is 5.99. The molecule has 1 unspecified atom stereocenters. The third-order valence-electron chi connectivity index (χ3n) is 5.64. The van der Waals surface area contributed by atoms with Gasteiger partial charge in [-0.25, -0.2) is 9.37 Å². The highest BCUT2D eigenvalue weighted by Gasteiger charge is 2.18. The van der Waals surface area contributed by atoms with Crippen LogP contribution < -0.4 is 10.6 Å². The zero-order valence-corrected chi connectivity index (χ0v) is 17.2. The van der Waals surface area contributed by atoms with Crippen LogP contribution in [0.3, 0.4) is 0 Å². The number of benzene rings is 1. The second-order valence-corrected chi connectivity index (χ2v) is 7.81. The number of amides is 1. The van der Waals surface area contributed by atoms with Crippen LogP contribution in [-0.4, -0.2) is 41.5 Å². The van der Waals surface area contributed by atoms with Crippen LogP contribution in [0.2, 0.25) is 0 Å². The van der Waals surface area contributed by atoms with Crippen LogP contribution in [0.4, 0.5) is 15.9 Å². The summed E-state index contributed by atoms with van der Waals surface area (Å²) in [5.41, 5.74) is 1.54. The van der Waals surface area contributed by atoms with Crippen molar-refractivity contribution < 1.29 is 13.6 Å². The van der Waals surface area contributed by atoms with Gasteiger partial charge >= 0.3 is 0 Å². The van der Waals surface area contributed by atoms with Crippen molar-refractivity contribution in [2.75, 3.05) is 25.0 Å². The number of anilines is 2. The number of halogens is 1. The number of carbonyl (C=O) groups excluding carboxylic acids is 1. The summed E-state index contributed by atoms with van der Waals surface area (Å²) in [5.74, 6) is -0.0451. The topological polar surface area (TPSA) is 70.4 Å². The minimum atomic E-state index is -0.311. The number of nitrogens with zero attached hydrogens (tertiary/aromatic N) is 2. The van der Waals surface area contributed by atoms with Crippen molar-refractivity contribution in [1.29, 1.82) is 0 Å². The molecule has 0 spiro atoms. The fourth-order valence-electron chi connectivity index (χ4n) is 3.91. The summed E-state index contributed by atoms with van der Waals surface area (Å²) in [6.45, 7) is 5.00. The van der Waals surface area contributed by atoms with Gasteiger partial charge in [0.1, 0.15) is 22.9 Å². The maximum Gasteiger partial charge on any atom is 0.270 e. The van der Waals surface area contributed by atoms with E-state index < -0.39 is 0 Å². The van der Waals surface area contributed by atoms with E-state index in [4.69, 9.17) is 4.42 Å². The lowest BCUT2D eigenvalue weighted by atomic mass is 10.0. The maximum atomic E-state index is 13.2. The van der Waals surface area contributed by atoms with Crippen LogP contribution in [0.15, 0.2) is 47.1 Å². The maximum absolute atomic E-state index is 13.2. The Morgan fingerprint density at radius 2 is 2.10 bits per heavy atom. The molecular weight excluding hydrogens is 383 g/mol. The highest BCUT2D eigenvalue weighted by Crippen LogP contribution is 2.26. The first kappa shape index (κ1) is 20.3. The molecule has 1 aliphatic heterocycles. The smallest absolute Gasteiger partial charge is 0.270 e. The molecule has 0 aliphatic carbocycles. The van der Waals surface area contributed by atoms with Gasteiger partial charge in [0, 0.05) is 30.9 Å². The molecule has 0 radical (unpaired) electrons. The number of carbonyl (C=O) groups is 1. The molecule has 3 heterocycles. The number of pyridine rings is 1. The van der Waals surface area contributed by atoms with Crippen LogP contribution in [0.5, 0.6) is 0 Å². The summed E-state index contributed by atoms with van der Waals surface area (Å²) < 4.78 is 18.7. The molecule has 6 nitrogen and oxygen atoms in total. The second kappa shape index (κ2) is 9.26. The molecule has 2 aromatic heterocycles. The molecule has 7 heteroatoms. The van der Waals surface area contributed by atoms with Crippen molar-refractivity contribution in [3.63, 3.8) is 0 Å². The van der Waals surface area contributed by atoms with Gasteiger partial charge in [-0.05, 0) is 63.1 Å². The highest BCUT2D eigenvalue weighted by atomic mass is 19.1. The molecule has 1 saturated heterocycles. The van der Waals surface area contributed by atoms with Gasteiger partial charge in [0.05, 0.1) is 11.6 Å². The Hall–Kier alpha value is -2.93. The summed E-state index contributed by atoms with van der Waals surface area (Å²) in [7, 11) is 0. The van der Waals surface area contributed by atoms with E-state index in [1.54, 1.807) is 30.5 Å². The fourth-order valence-corrected chi connectivity index (χ4v) is 3.91. The summed E-state index contributed by atoms with van der Waals surface area (Å²) in [6.07, 6.45) is 6.28. The van der Waals surface area contributed by atoms with Crippen molar-refractivity contribution in [2.24, 2.45) is 0 Å². The second-order valence-electron chi connectivity index (χ2n) is 7.81. The molecule has 0 bridgehead atoms. The first-order chi connectivity index (χ1) is 14.6. The van der Waals surface area contributed by atoms with Crippen molar-refractivity contribution in [3.8, 4) is 0 Å². The Balaban J connectivity index is 1.40. The third-order valence-corrected chi connectivity index (χ3v) is 5.64. The van der Waals surface area contributed by atoms with Crippen molar-refractivity contribution in [3.05, 3.63) is 54.2 Å². The minimum absolute atomic E-state index is 0.234. The molecule has 1 amide bonds. The standard InChI is InChI=1S/C23H27FN4O2/c1-16-5-2-3-12-28(16)13-4-11-25-23(29)20-15-21-19(10-14-30-21)22(27-20)26-18-8-6-17(24)7-9-18/h6-10,14-16H,2-5,11-13H2,1H3,(H,25,29)(H,26,27). The lowest BCUT2D eigenvalue weighted by Crippen LogP contribution is -2.39. The SMILES string of the molecule is CC1CCCCN1CCCNC(=O)c1cc2occc2c(Nc2ccc(F)cc2)n1. The number of hydrogen-bond acceptors (Lipinski definition) is 5. The molecule has 4 rings (SSSR count). The monoisotopic (exact) mass is 410 g/mol. The van der Waals surface area contributed by atoms with Crippen LogP contribution in [0.25, 0.3) is 11.0 Å². The minimum Gasteiger partial charge on any atom is -0.464 e. The Morgan fingerprint density at radius 1 is 1.27 bits per heavy atom. The van der Waals surface area contributed by atoms with Crippen LogP contribution >= 0.6 is 0 Å². The predicted molar refractivity (Wildman–Crippen MR) is 116 cm³/mol. The number of rotatable bonds is 7. The molecular formula is C23H27FN4O2. The van der Waals surface area contributed by atoms with Gasteiger partial charge in [-0.1, -0.05) is 6.42 Å². The van der Waals surface area contributed by atoms with E-state index >= 15 is 0 Å². The first-order valence-electron chi connectivity index (χ1n) is 10.5. The molecule has 2 N–H and O–H groups in total. The Bertz CT molecular complexity index is 1000. The Labute approximate surface area is 175 Å². The molecule has 3 aromatic rings. The number of hydrogen-bond donors (Lipinski definition) is 2. The third kappa shape index (κ3) is 4.79. The molecule has 158 valence electrons. The van der Waals surface area contributed by atoms with E-state index in [1.165, 1.54) is 31.4 Å². The van der Waals surface area contributed by atoms with Crippen molar-refractivity contribution >= 4 is 28.4 Å². The first-order valence-corrected chi connectivity index (χ1v) is 10.5. The van der Waals surface area contributed by atoms with Gasteiger partial charge in [0.25, 0.3) is 5.91 Å². The average Bonchev–Trinajstić information content (AvgIpc) is 3.23. The van der Waals surface area contributed by atoms with Crippen molar-refractivity contribution in [2.45, 2.75) is 38.6 Å². The summed E-state index contributed by atoms with van der Waals surface area (Å²) in [5, 5.41) is 6.87. The van der Waals surface area contributed by atoms with Crippen molar-refractivity contribution in [1.82, 2.24) is 15.2 Å². The van der Waals surface area contributed by atoms with E-state index in [0.29, 0.717) is 29.7 Å². The lowest BCUT2D eigenvalue weighted by molar-refractivity contribution is 0.0944. The van der Waals surface area contributed by atoms with Crippen LogP contribution in [0.1, 0.15) is 43.1 Å². The number of furan rings is 1. The van der Waals surface area contributed by atoms with E-state index in [2.05, 4.69) is 27.4 Å². The van der Waals surface area contributed by atoms with Gasteiger partial charge in [-0.15, -0.1) is 0 Å². The molecule has 1 aliphatic rings. The van der Waals surface area contributed by atoms with Crippen LogP contribution in [0, 0.1) is 5.82 Å². The van der Waals surface area contributed by atoms with E-state index in [-0.39, 0.29) is 17.4 Å². The van der Waals surface area contributed by atoms with Gasteiger partial charge in [0.2, 0.25) is 0 Å². The van der Waals surface area contributed by atoms with Gasteiger partial charge in [0.15, 0.2) is 0 Å². The molecule has 30 heavy (non-hydrogen) atoms.